The van der Waals surface area contributed by atoms with Crippen LogP contribution in [0.15, 0.2) is 40.9 Å². The van der Waals surface area contributed by atoms with Crippen molar-refractivity contribution in [2.24, 2.45) is 0 Å². The average Bonchev–Trinajstić information content (AvgIpc) is 2.48. The fourth-order valence-electron chi connectivity index (χ4n) is 1.68. The summed E-state index contributed by atoms with van der Waals surface area (Å²) in [4.78, 5) is 0. The summed E-state index contributed by atoms with van der Waals surface area (Å²) in [6.07, 6.45) is 0. The van der Waals surface area contributed by atoms with E-state index in [0.29, 0.717) is 16.0 Å². The molecule has 21 heavy (non-hydrogen) atoms. The lowest BCUT2D eigenvalue weighted by Crippen LogP contribution is -2.10. The molecule has 2 aromatic carbocycles. The molecule has 0 spiro atoms. The van der Waals surface area contributed by atoms with Crippen molar-refractivity contribution in [3.8, 4) is 17.2 Å². The van der Waals surface area contributed by atoms with Crippen molar-refractivity contribution in [2.75, 3.05) is 20.3 Å². The number of halogens is 3. The van der Waals surface area contributed by atoms with Crippen LogP contribution < -0.4 is 14.2 Å². The number of ether oxygens (including phenoxy) is 3. The highest BCUT2D eigenvalue weighted by molar-refractivity contribution is 9.10. The van der Waals surface area contributed by atoms with E-state index in [0.717, 1.165) is 6.07 Å². The number of hydrogen-bond acceptors (Lipinski definition) is 3. The molecule has 2 aromatic rings. The molecule has 0 unspecified atom stereocenters. The minimum absolute atomic E-state index is 0.0743. The van der Waals surface area contributed by atoms with E-state index in [1.807, 2.05) is 12.1 Å². The van der Waals surface area contributed by atoms with Crippen molar-refractivity contribution in [1.29, 1.82) is 0 Å². The van der Waals surface area contributed by atoms with Crippen LogP contribution in [0.4, 0.5) is 8.78 Å². The van der Waals surface area contributed by atoms with Gasteiger partial charge in [0.15, 0.2) is 23.1 Å². The standard InChI is InChI=1S/C15H13BrF2O3/c1-19-12-4-2-3-5-13(12)20-6-7-21-14-9-10(16)8-11(17)15(14)18/h2-5,8-9H,6-7H2,1H3. The molecular formula is C15H13BrF2O3. The molecule has 6 heteroatoms. The van der Waals surface area contributed by atoms with Crippen LogP contribution in [0.25, 0.3) is 0 Å². The molecule has 0 aliphatic heterocycles. The Morgan fingerprint density at radius 3 is 2.24 bits per heavy atom. The van der Waals surface area contributed by atoms with E-state index in [-0.39, 0.29) is 19.0 Å². The third-order valence-electron chi connectivity index (χ3n) is 2.63. The average molecular weight is 359 g/mol. The summed E-state index contributed by atoms with van der Waals surface area (Å²) in [6.45, 7) is 0.249. The van der Waals surface area contributed by atoms with Crippen molar-refractivity contribution >= 4 is 15.9 Å². The van der Waals surface area contributed by atoms with Gasteiger partial charge in [0.2, 0.25) is 5.82 Å². The number of hydrogen-bond donors (Lipinski definition) is 0. The van der Waals surface area contributed by atoms with Gasteiger partial charge in [-0.15, -0.1) is 0 Å². The Morgan fingerprint density at radius 1 is 0.952 bits per heavy atom. The Labute approximate surface area is 129 Å². The molecule has 0 heterocycles. The summed E-state index contributed by atoms with van der Waals surface area (Å²) in [5, 5.41) is 0. The van der Waals surface area contributed by atoms with Gasteiger partial charge in [-0.3, -0.25) is 0 Å². The molecule has 0 N–H and O–H groups in total. The normalized spacial score (nSPS) is 10.3. The van der Waals surface area contributed by atoms with Gasteiger partial charge >= 0.3 is 0 Å². The molecule has 0 saturated carbocycles. The lowest BCUT2D eigenvalue weighted by Gasteiger charge is -2.11. The van der Waals surface area contributed by atoms with Crippen LogP contribution in [0.3, 0.4) is 0 Å². The van der Waals surface area contributed by atoms with Crippen molar-refractivity contribution in [3.63, 3.8) is 0 Å². The molecule has 0 fully saturated rings. The van der Waals surface area contributed by atoms with E-state index in [1.54, 1.807) is 19.2 Å². The second-order valence-electron chi connectivity index (χ2n) is 4.05. The molecule has 112 valence electrons. The zero-order chi connectivity index (χ0) is 15.2. The Morgan fingerprint density at radius 2 is 1.57 bits per heavy atom. The molecule has 0 atom stereocenters. The van der Waals surface area contributed by atoms with Crippen molar-refractivity contribution < 1.29 is 23.0 Å². The van der Waals surface area contributed by atoms with Gasteiger partial charge in [0.05, 0.1) is 7.11 Å². The van der Waals surface area contributed by atoms with Gasteiger partial charge in [-0.25, -0.2) is 4.39 Å². The maximum Gasteiger partial charge on any atom is 0.200 e. The van der Waals surface area contributed by atoms with E-state index < -0.39 is 11.6 Å². The molecule has 3 nitrogen and oxygen atoms in total. The first-order valence-electron chi connectivity index (χ1n) is 6.15. The van der Waals surface area contributed by atoms with Gasteiger partial charge in [-0.1, -0.05) is 28.1 Å². The lowest BCUT2D eigenvalue weighted by atomic mass is 10.3. The summed E-state index contributed by atoms with van der Waals surface area (Å²) in [7, 11) is 1.54. The van der Waals surface area contributed by atoms with Gasteiger partial charge in [-0.2, -0.15) is 4.39 Å². The molecule has 0 aliphatic rings. The minimum atomic E-state index is -1.02. The smallest absolute Gasteiger partial charge is 0.200 e. The number of para-hydroxylation sites is 2. The predicted molar refractivity (Wildman–Crippen MR) is 78.0 cm³/mol. The zero-order valence-electron chi connectivity index (χ0n) is 11.2. The monoisotopic (exact) mass is 358 g/mol. The molecule has 0 aliphatic carbocycles. The van der Waals surface area contributed by atoms with E-state index in [1.165, 1.54) is 6.07 Å². The van der Waals surface area contributed by atoms with Crippen molar-refractivity contribution in [1.82, 2.24) is 0 Å². The second kappa shape index (κ2) is 7.26. The SMILES string of the molecule is COc1ccccc1OCCOc1cc(Br)cc(F)c1F. The highest BCUT2D eigenvalue weighted by atomic mass is 79.9. The van der Waals surface area contributed by atoms with Crippen LogP contribution in [0.2, 0.25) is 0 Å². The molecule has 0 amide bonds. The Balaban J connectivity index is 1.91. The maximum atomic E-state index is 13.5. The number of rotatable bonds is 6. The van der Waals surface area contributed by atoms with E-state index >= 15 is 0 Å². The van der Waals surface area contributed by atoms with E-state index in [9.17, 15) is 8.78 Å². The van der Waals surface area contributed by atoms with Crippen LogP contribution in [0.5, 0.6) is 17.2 Å². The van der Waals surface area contributed by atoms with Crippen LogP contribution in [0.1, 0.15) is 0 Å². The number of benzene rings is 2. The van der Waals surface area contributed by atoms with Gasteiger partial charge in [0.1, 0.15) is 13.2 Å². The van der Waals surface area contributed by atoms with Gasteiger partial charge in [0, 0.05) is 4.47 Å². The molecule has 0 saturated heterocycles. The first kappa shape index (κ1) is 15.6. The largest absolute Gasteiger partial charge is 0.493 e. The molecular weight excluding hydrogens is 346 g/mol. The Hall–Kier alpha value is -1.82. The third-order valence-corrected chi connectivity index (χ3v) is 3.08. The zero-order valence-corrected chi connectivity index (χ0v) is 12.8. The van der Waals surface area contributed by atoms with Gasteiger partial charge in [-0.05, 0) is 24.3 Å². The quantitative estimate of drug-likeness (QED) is 0.572. The first-order valence-corrected chi connectivity index (χ1v) is 6.94. The second-order valence-corrected chi connectivity index (χ2v) is 4.96. The minimum Gasteiger partial charge on any atom is -0.493 e. The lowest BCUT2D eigenvalue weighted by molar-refractivity contribution is 0.204. The fraction of sp³-hybridized carbons (Fsp3) is 0.200. The van der Waals surface area contributed by atoms with Crippen LogP contribution >= 0.6 is 15.9 Å². The van der Waals surface area contributed by atoms with Gasteiger partial charge in [0.25, 0.3) is 0 Å². The van der Waals surface area contributed by atoms with Crippen LogP contribution in [-0.4, -0.2) is 20.3 Å². The maximum absolute atomic E-state index is 13.5. The highest BCUT2D eigenvalue weighted by Gasteiger charge is 2.11. The van der Waals surface area contributed by atoms with Crippen LogP contribution in [-0.2, 0) is 0 Å². The third kappa shape index (κ3) is 4.07. The summed E-state index contributed by atoms with van der Waals surface area (Å²) in [6, 6.07) is 9.54. The first-order chi connectivity index (χ1) is 10.1. The summed E-state index contributed by atoms with van der Waals surface area (Å²) in [5.41, 5.74) is 0. The van der Waals surface area contributed by atoms with Gasteiger partial charge < -0.3 is 14.2 Å². The van der Waals surface area contributed by atoms with Crippen LogP contribution in [0, 0.1) is 11.6 Å². The summed E-state index contributed by atoms with van der Waals surface area (Å²) < 4.78 is 42.8. The predicted octanol–water partition coefficient (Wildman–Crippen LogP) is 4.19. The summed E-state index contributed by atoms with van der Waals surface area (Å²) in [5.74, 6) is -0.993. The topological polar surface area (TPSA) is 27.7 Å². The highest BCUT2D eigenvalue weighted by Crippen LogP contribution is 2.27. The van der Waals surface area contributed by atoms with Crippen molar-refractivity contribution in [3.05, 3.63) is 52.5 Å². The molecule has 0 bridgehead atoms. The number of methoxy groups -OCH3 is 1. The van der Waals surface area contributed by atoms with E-state index in [2.05, 4.69) is 15.9 Å². The molecule has 0 radical (unpaired) electrons. The van der Waals surface area contributed by atoms with E-state index in [4.69, 9.17) is 14.2 Å². The van der Waals surface area contributed by atoms with Crippen molar-refractivity contribution in [2.45, 2.75) is 0 Å². The molecule has 2 rings (SSSR count). The summed E-state index contributed by atoms with van der Waals surface area (Å²) >= 11 is 3.08. The molecule has 0 aromatic heterocycles. The fourth-order valence-corrected chi connectivity index (χ4v) is 2.09. The Bertz CT molecular complexity index is 620. The Kier molecular flexibility index (Phi) is 5.38.